The Bertz CT molecular complexity index is 651. The first kappa shape index (κ1) is 13.9. The molecule has 1 aliphatic rings. The van der Waals surface area contributed by atoms with Crippen LogP contribution in [0, 0.1) is 5.82 Å². The minimum Gasteiger partial charge on any atom is -0.328 e. The summed E-state index contributed by atoms with van der Waals surface area (Å²) in [5, 5.41) is 6.35. The van der Waals surface area contributed by atoms with Gasteiger partial charge < -0.3 is 10.6 Å². The Morgan fingerprint density at radius 3 is 2.24 bits per heavy atom. The highest BCUT2D eigenvalue weighted by Gasteiger charge is 2.45. The maximum atomic E-state index is 12.8. The minimum absolute atomic E-state index is 0.297. The van der Waals surface area contributed by atoms with E-state index < -0.39 is 0 Å². The highest BCUT2D eigenvalue weighted by Crippen LogP contribution is 2.45. The molecule has 21 heavy (non-hydrogen) atoms. The quantitative estimate of drug-likeness (QED) is 0.872. The van der Waals surface area contributed by atoms with Crippen LogP contribution in [0.5, 0.6) is 0 Å². The number of benzene rings is 2. The van der Waals surface area contributed by atoms with Crippen molar-refractivity contribution >= 4 is 23.3 Å². The fourth-order valence-corrected chi connectivity index (χ4v) is 2.42. The topological polar surface area (TPSA) is 41.1 Å². The molecule has 0 aromatic heterocycles. The SMILES string of the molecule is O=C(Nc1ccc(F)cc1)NC1(c2ccc(Cl)cc2)CC1. The maximum absolute atomic E-state index is 12.8. The van der Waals surface area contributed by atoms with Gasteiger partial charge in [0.2, 0.25) is 0 Å². The molecule has 3 nitrogen and oxygen atoms in total. The van der Waals surface area contributed by atoms with Crippen LogP contribution < -0.4 is 10.6 Å². The molecule has 1 fully saturated rings. The normalized spacial score (nSPS) is 15.3. The second kappa shape index (κ2) is 5.37. The molecule has 2 aromatic rings. The molecule has 1 saturated carbocycles. The molecule has 2 N–H and O–H groups in total. The number of rotatable bonds is 3. The van der Waals surface area contributed by atoms with Crippen LogP contribution in [0.3, 0.4) is 0 Å². The minimum atomic E-state index is -0.333. The van der Waals surface area contributed by atoms with Gasteiger partial charge in [0.15, 0.2) is 0 Å². The number of nitrogens with one attached hydrogen (secondary N) is 2. The molecule has 2 aromatic carbocycles. The molecular weight excluding hydrogens is 291 g/mol. The van der Waals surface area contributed by atoms with Gasteiger partial charge in [0, 0.05) is 10.7 Å². The number of hydrogen-bond acceptors (Lipinski definition) is 1. The van der Waals surface area contributed by atoms with E-state index in [2.05, 4.69) is 10.6 Å². The van der Waals surface area contributed by atoms with Crippen LogP contribution in [0.4, 0.5) is 14.9 Å². The number of hydrogen-bond donors (Lipinski definition) is 2. The average Bonchev–Trinajstić information content (AvgIpc) is 3.23. The molecule has 0 radical (unpaired) electrons. The van der Waals surface area contributed by atoms with E-state index in [-0.39, 0.29) is 17.4 Å². The zero-order chi connectivity index (χ0) is 14.9. The molecule has 1 aliphatic carbocycles. The Kier molecular flexibility index (Phi) is 3.55. The van der Waals surface area contributed by atoms with Crippen LogP contribution >= 0.6 is 11.6 Å². The lowest BCUT2D eigenvalue weighted by atomic mass is 10.1. The van der Waals surface area contributed by atoms with Gasteiger partial charge in [0.1, 0.15) is 5.82 Å². The molecule has 0 heterocycles. The van der Waals surface area contributed by atoms with E-state index in [1.807, 2.05) is 24.3 Å². The summed E-state index contributed by atoms with van der Waals surface area (Å²) in [6.07, 6.45) is 1.79. The van der Waals surface area contributed by atoms with Gasteiger partial charge in [0.05, 0.1) is 5.54 Å². The van der Waals surface area contributed by atoms with Crippen LogP contribution in [-0.4, -0.2) is 6.03 Å². The molecule has 108 valence electrons. The van der Waals surface area contributed by atoms with Gasteiger partial charge in [-0.05, 0) is 54.8 Å². The number of halogens is 2. The van der Waals surface area contributed by atoms with Crippen LogP contribution in [0.25, 0.3) is 0 Å². The summed E-state index contributed by atoms with van der Waals surface area (Å²) in [6.45, 7) is 0. The van der Waals surface area contributed by atoms with Gasteiger partial charge in [0.25, 0.3) is 0 Å². The Morgan fingerprint density at radius 1 is 1.05 bits per heavy atom. The van der Waals surface area contributed by atoms with Gasteiger partial charge in [-0.1, -0.05) is 23.7 Å². The van der Waals surface area contributed by atoms with Gasteiger partial charge in [-0.2, -0.15) is 0 Å². The summed E-state index contributed by atoms with van der Waals surface area (Å²) in [7, 11) is 0. The molecular formula is C16H14ClFN2O. The second-order valence-electron chi connectivity index (χ2n) is 5.18. The van der Waals surface area contributed by atoms with E-state index in [1.165, 1.54) is 24.3 Å². The van der Waals surface area contributed by atoms with E-state index >= 15 is 0 Å². The van der Waals surface area contributed by atoms with Crippen molar-refractivity contribution in [3.8, 4) is 0 Å². The van der Waals surface area contributed by atoms with Crippen molar-refractivity contribution in [3.63, 3.8) is 0 Å². The summed E-state index contributed by atoms with van der Waals surface area (Å²) >= 11 is 5.88. The van der Waals surface area contributed by atoms with Crippen molar-refractivity contribution in [1.82, 2.24) is 5.32 Å². The molecule has 0 atom stereocenters. The molecule has 0 saturated heterocycles. The van der Waals surface area contributed by atoms with Gasteiger partial charge in [-0.3, -0.25) is 0 Å². The Labute approximate surface area is 127 Å². The standard InChI is InChI=1S/C16H14ClFN2O/c17-12-3-1-11(2-4-12)16(9-10-16)20-15(21)19-14-7-5-13(18)6-8-14/h1-8H,9-10H2,(H2,19,20,21). The zero-order valence-electron chi connectivity index (χ0n) is 11.2. The summed E-state index contributed by atoms with van der Waals surface area (Å²) in [5.41, 5.74) is 1.29. The maximum Gasteiger partial charge on any atom is 0.319 e. The average molecular weight is 305 g/mol. The van der Waals surface area contributed by atoms with Crippen LogP contribution in [0.1, 0.15) is 18.4 Å². The molecule has 0 bridgehead atoms. The van der Waals surface area contributed by atoms with Crippen molar-refractivity contribution in [2.45, 2.75) is 18.4 Å². The van der Waals surface area contributed by atoms with Crippen LogP contribution in [-0.2, 0) is 5.54 Å². The molecule has 0 aliphatic heterocycles. The fraction of sp³-hybridized carbons (Fsp3) is 0.188. The molecule has 5 heteroatoms. The van der Waals surface area contributed by atoms with E-state index in [0.29, 0.717) is 10.7 Å². The summed E-state index contributed by atoms with van der Waals surface area (Å²) < 4.78 is 12.8. The molecule has 0 spiro atoms. The van der Waals surface area contributed by atoms with Crippen molar-refractivity contribution in [1.29, 1.82) is 0 Å². The van der Waals surface area contributed by atoms with E-state index in [9.17, 15) is 9.18 Å². The summed E-state index contributed by atoms with van der Waals surface area (Å²) in [6, 6.07) is 12.8. The number of carbonyl (C=O) groups is 1. The smallest absolute Gasteiger partial charge is 0.319 e. The first-order valence-electron chi connectivity index (χ1n) is 6.68. The largest absolute Gasteiger partial charge is 0.328 e. The third kappa shape index (κ3) is 3.16. The number of urea groups is 1. The lowest BCUT2D eigenvalue weighted by Crippen LogP contribution is -2.38. The third-order valence-corrected chi connectivity index (χ3v) is 3.85. The number of carbonyl (C=O) groups excluding carboxylic acids is 1. The predicted molar refractivity (Wildman–Crippen MR) is 80.9 cm³/mol. The lowest BCUT2D eigenvalue weighted by Gasteiger charge is -2.18. The number of amides is 2. The van der Waals surface area contributed by atoms with Crippen molar-refractivity contribution in [2.24, 2.45) is 0 Å². The highest BCUT2D eigenvalue weighted by molar-refractivity contribution is 6.30. The zero-order valence-corrected chi connectivity index (χ0v) is 12.0. The first-order chi connectivity index (χ1) is 10.1. The van der Waals surface area contributed by atoms with Crippen molar-refractivity contribution in [2.75, 3.05) is 5.32 Å². The molecule has 3 rings (SSSR count). The van der Waals surface area contributed by atoms with Crippen molar-refractivity contribution < 1.29 is 9.18 Å². The third-order valence-electron chi connectivity index (χ3n) is 3.60. The lowest BCUT2D eigenvalue weighted by molar-refractivity contribution is 0.247. The van der Waals surface area contributed by atoms with E-state index in [1.54, 1.807) is 0 Å². The number of anilines is 1. The van der Waals surface area contributed by atoms with Gasteiger partial charge in [-0.15, -0.1) is 0 Å². The summed E-state index contributed by atoms with van der Waals surface area (Å²) in [4.78, 5) is 12.1. The van der Waals surface area contributed by atoms with E-state index in [4.69, 9.17) is 11.6 Å². The fourth-order valence-electron chi connectivity index (χ4n) is 2.29. The first-order valence-corrected chi connectivity index (χ1v) is 7.06. The van der Waals surface area contributed by atoms with Crippen molar-refractivity contribution in [3.05, 3.63) is 64.9 Å². The monoisotopic (exact) mass is 304 g/mol. The van der Waals surface area contributed by atoms with Crippen LogP contribution in [0.2, 0.25) is 5.02 Å². The van der Waals surface area contributed by atoms with Gasteiger partial charge in [-0.25, -0.2) is 9.18 Å². The van der Waals surface area contributed by atoms with Gasteiger partial charge >= 0.3 is 6.03 Å². The van der Waals surface area contributed by atoms with E-state index in [0.717, 1.165) is 18.4 Å². The highest BCUT2D eigenvalue weighted by atomic mass is 35.5. The Hall–Kier alpha value is -2.07. The van der Waals surface area contributed by atoms with Crippen LogP contribution in [0.15, 0.2) is 48.5 Å². The Morgan fingerprint density at radius 2 is 1.67 bits per heavy atom. The predicted octanol–water partition coefficient (Wildman–Crippen LogP) is 4.29. The second-order valence-corrected chi connectivity index (χ2v) is 5.61. The molecule has 2 amide bonds. The Balaban J connectivity index is 1.67. The molecule has 0 unspecified atom stereocenters. The summed E-state index contributed by atoms with van der Waals surface area (Å²) in [5.74, 6) is -0.333.